The summed E-state index contributed by atoms with van der Waals surface area (Å²) in [6.45, 7) is 4.00. The highest BCUT2D eigenvalue weighted by molar-refractivity contribution is 7.20. The highest BCUT2D eigenvalue weighted by Gasteiger charge is 2.22. The fourth-order valence-electron chi connectivity index (χ4n) is 2.87. The molecule has 0 saturated heterocycles. The molecule has 2 aromatic heterocycles. The summed E-state index contributed by atoms with van der Waals surface area (Å²) in [5.74, 6) is -0.540. The maximum absolute atomic E-state index is 12.8. The van der Waals surface area contributed by atoms with Crippen molar-refractivity contribution in [1.82, 2.24) is 15.1 Å². The lowest BCUT2D eigenvalue weighted by molar-refractivity contribution is -0.143. The maximum atomic E-state index is 12.8. The molecule has 3 rings (SSSR count). The average Bonchev–Trinajstić information content (AvgIpc) is 3.17. The summed E-state index contributed by atoms with van der Waals surface area (Å²) >= 11 is 1.39. The van der Waals surface area contributed by atoms with Crippen molar-refractivity contribution in [1.29, 1.82) is 0 Å². The van der Waals surface area contributed by atoms with Gasteiger partial charge in [-0.05, 0) is 25.5 Å². The van der Waals surface area contributed by atoms with Crippen molar-refractivity contribution in [3.8, 4) is 0 Å². The van der Waals surface area contributed by atoms with Crippen molar-refractivity contribution < 1.29 is 14.3 Å². The van der Waals surface area contributed by atoms with Crippen LogP contribution in [0.3, 0.4) is 0 Å². The molecular formula is C19H21N3O3S. The molecule has 3 aromatic rings. The molecule has 0 saturated carbocycles. The summed E-state index contributed by atoms with van der Waals surface area (Å²) < 4.78 is 6.83. The fraction of sp³-hybridized carbons (Fsp3) is 0.316. The molecule has 6 nitrogen and oxygen atoms in total. The van der Waals surface area contributed by atoms with Gasteiger partial charge in [0.05, 0.1) is 29.6 Å². The Morgan fingerprint density at radius 1 is 1.31 bits per heavy atom. The molecule has 26 heavy (non-hydrogen) atoms. The van der Waals surface area contributed by atoms with Crippen LogP contribution in [-0.4, -0.2) is 28.3 Å². The molecular weight excluding hydrogens is 350 g/mol. The molecule has 136 valence electrons. The third-order valence-electron chi connectivity index (χ3n) is 4.10. The minimum Gasteiger partial charge on any atom is -0.466 e. The first-order valence-electron chi connectivity index (χ1n) is 8.44. The van der Waals surface area contributed by atoms with Gasteiger partial charge in [0.15, 0.2) is 0 Å². The summed E-state index contributed by atoms with van der Waals surface area (Å²) in [5.41, 5.74) is 1.76. The monoisotopic (exact) mass is 371 g/mol. The van der Waals surface area contributed by atoms with Gasteiger partial charge in [-0.15, -0.1) is 11.3 Å². The Morgan fingerprint density at radius 3 is 2.69 bits per heavy atom. The number of hydrogen-bond donors (Lipinski definition) is 1. The van der Waals surface area contributed by atoms with Crippen molar-refractivity contribution >= 4 is 33.4 Å². The second-order valence-electron chi connectivity index (χ2n) is 5.98. The minimum atomic E-state index is -0.438. The zero-order valence-electron chi connectivity index (χ0n) is 15.0. The molecule has 1 amide bonds. The number of nitrogens with zero attached hydrogens (tertiary/aromatic N) is 2. The standard InChI is InChI=1S/C19H21N3O3S/c1-4-25-17(23)11-15(13-8-6-5-7-9-13)20-18(24)16-10-14-12(2)21-22(3)19(14)26-16/h5-10,15H,4,11H2,1-3H3,(H,20,24). The molecule has 1 unspecified atom stereocenters. The van der Waals surface area contributed by atoms with E-state index in [1.165, 1.54) is 11.3 Å². The summed E-state index contributed by atoms with van der Waals surface area (Å²) in [4.78, 5) is 26.3. The predicted octanol–water partition coefficient (Wildman–Crippen LogP) is 3.37. The molecule has 0 fully saturated rings. The number of amides is 1. The van der Waals surface area contributed by atoms with Gasteiger partial charge in [-0.1, -0.05) is 30.3 Å². The molecule has 7 heteroatoms. The molecule has 0 bridgehead atoms. The minimum absolute atomic E-state index is 0.0923. The summed E-state index contributed by atoms with van der Waals surface area (Å²) in [7, 11) is 1.86. The number of fused-ring (bicyclic) bond motifs is 1. The van der Waals surface area contributed by atoms with E-state index < -0.39 is 6.04 Å². The van der Waals surface area contributed by atoms with Crippen LogP contribution >= 0.6 is 11.3 Å². The van der Waals surface area contributed by atoms with Gasteiger partial charge in [0.1, 0.15) is 4.83 Å². The molecule has 1 aromatic carbocycles. The Kier molecular flexibility index (Phi) is 5.37. The van der Waals surface area contributed by atoms with Crippen LogP contribution in [-0.2, 0) is 16.6 Å². The molecule has 0 radical (unpaired) electrons. The first-order chi connectivity index (χ1) is 12.5. The van der Waals surface area contributed by atoms with Crippen LogP contribution in [0.4, 0.5) is 0 Å². The van der Waals surface area contributed by atoms with E-state index in [0.717, 1.165) is 21.5 Å². The second-order valence-corrected chi connectivity index (χ2v) is 7.02. The Labute approximate surface area is 155 Å². The van der Waals surface area contributed by atoms with Gasteiger partial charge in [0.2, 0.25) is 0 Å². The number of carbonyl (C=O) groups is 2. The van der Waals surface area contributed by atoms with E-state index in [-0.39, 0.29) is 18.3 Å². The van der Waals surface area contributed by atoms with Gasteiger partial charge in [0.25, 0.3) is 5.91 Å². The molecule has 1 atom stereocenters. The predicted molar refractivity (Wildman–Crippen MR) is 101 cm³/mol. The number of aromatic nitrogens is 2. The van der Waals surface area contributed by atoms with E-state index in [1.54, 1.807) is 11.6 Å². The lowest BCUT2D eigenvalue weighted by atomic mass is 10.0. The molecule has 2 heterocycles. The van der Waals surface area contributed by atoms with Crippen LogP contribution in [0.5, 0.6) is 0 Å². The van der Waals surface area contributed by atoms with Gasteiger partial charge >= 0.3 is 5.97 Å². The number of thiophene rings is 1. The van der Waals surface area contributed by atoms with Gasteiger partial charge < -0.3 is 10.1 Å². The Hall–Kier alpha value is -2.67. The van der Waals surface area contributed by atoms with E-state index >= 15 is 0 Å². The van der Waals surface area contributed by atoms with Crippen molar-refractivity contribution in [3.05, 3.63) is 52.5 Å². The topological polar surface area (TPSA) is 73.2 Å². The molecule has 0 aliphatic heterocycles. The third-order valence-corrected chi connectivity index (χ3v) is 5.30. The third kappa shape index (κ3) is 3.77. The van der Waals surface area contributed by atoms with Crippen LogP contribution in [0.2, 0.25) is 0 Å². The lowest BCUT2D eigenvalue weighted by Crippen LogP contribution is -2.30. The first-order valence-corrected chi connectivity index (χ1v) is 9.25. The number of benzene rings is 1. The van der Waals surface area contributed by atoms with Crippen LogP contribution in [0.25, 0.3) is 10.2 Å². The first kappa shape index (κ1) is 18.1. The van der Waals surface area contributed by atoms with Gasteiger partial charge in [-0.3, -0.25) is 14.3 Å². The Morgan fingerprint density at radius 2 is 2.04 bits per heavy atom. The number of nitrogens with one attached hydrogen (secondary N) is 1. The van der Waals surface area contributed by atoms with Crippen LogP contribution in [0.1, 0.15) is 40.3 Å². The average molecular weight is 371 g/mol. The smallest absolute Gasteiger partial charge is 0.308 e. The van der Waals surface area contributed by atoms with Crippen LogP contribution < -0.4 is 5.32 Å². The van der Waals surface area contributed by atoms with Crippen molar-refractivity contribution in [3.63, 3.8) is 0 Å². The van der Waals surface area contributed by atoms with Gasteiger partial charge in [0, 0.05) is 12.4 Å². The zero-order chi connectivity index (χ0) is 18.7. The fourth-order valence-corrected chi connectivity index (χ4v) is 3.90. The Bertz CT molecular complexity index is 896. The summed E-state index contributed by atoms with van der Waals surface area (Å²) in [6.07, 6.45) is 0.0923. The quantitative estimate of drug-likeness (QED) is 0.674. The van der Waals surface area contributed by atoms with Crippen molar-refractivity contribution in [2.75, 3.05) is 6.61 Å². The number of hydrogen-bond acceptors (Lipinski definition) is 5. The Balaban J connectivity index is 1.83. The highest BCUT2D eigenvalue weighted by Crippen LogP contribution is 2.28. The molecule has 0 spiro atoms. The maximum Gasteiger partial charge on any atom is 0.308 e. The molecule has 0 aliphatic rings. The van der Waals surface area contributed by atoms with E-state index in [1.807, 2.05) is 50.4 Å². The zero-order valence-corrected chi connectivity index (χ0v) is 15.8. The lowest BCUT2D eigenvalue weighted by Gasteiger charge is -2.18. The summed E-state index contributed by atoms with van der Waals surface area (Å²) in [6, 6.07) is 10.9. The van der Waals surface area contributed by atoms with Crippen molar-refractivity contribution in [2.45, 2.75) is 26.3 Å². The van der Waals surface area contributed by atoms with Gasteiger partial charge in [-0.25, -0.2) is 0 Å². The SMILES string of the molecule is CCOC(=O)CC(NC(=O)c1cc2c(C)nn(C)c2s1)c1ccccc1. The van der Waals surface area contributed by atoms with Gasteiger partial charge in [-0.2, -0.15) is 5.10 Å². The normalized spacial score (nSPS) is 12.1. The van der Waals surface area contributed by atoms with E-state index in [2.05, 4.69) is 10.4 Å². The van der Waals surface area contributed by atoms with E-state index in [4.69, 9.17) is 4.74 Å². The summed E-state index contributed by atoms with van der Waals surface area (Å²) in [5, 5.41) is 8.30. The number of esters is 1. The molecule has 0 aliphatic carbocycles. The van der Waals surface area contributed by atoms with Crippen LogP contribution in [0.15, 0.2) is 36.4 Å². The van der Waals surface area contributed by atoms with Crippen LogP contribution in [0, 0.1) is 6.92 Å². The van der Waals surface area contributed by atoms with E-state index in [0.29, 0.717) is 11.5 Å². The number of carbonyl (C=O) groups excluding carboxylic acids is 2. The second kappa shape index (κ2) is 7.70. The van der Waals surface area contributed by atoms with E-state index in [9.17, 15) is 9.59 Å². The number of ether oxygens (including phenoxy) is 1. The van der Waals surface area contributed by atoms with Crippen molar-refractivity contribution in [2.24, 2.45) is 7.05 Å². The number of rotatable bonds is 6. The number of aryl methyl sites for hydroxylation is 2. The highest BCUT2D eigenvalue weighted by atomic mass is 32.1. The largest absolute Gasteiger partial charge is 0.466 e. The molecule has 1 N–H and O–H groups in total.